The third-order valence-electron chi connectivity index (χ3n) is 4.32. The van der Waals surface area contributed by atoms with Crippen LogP contribution in [-0.2, 0) is 17.9 Å². The van der Waals surface area contributed by atoms with Crippen LogP contribution in [0.1, 0.15) is 58.8 Å². The van der Waals surface area contributed by atoms with E-state index >= 15 is 0 Å². The van der Waals surface area contributed by atoms with Crippen molar-refractivity contribution in [1.29, 1.82) is 0 Å². The maximum atomic E-state index is 6.40. The molecule has 0 bridgehead atoms. The molecule has 0 unspecified atom stereocenters. The third kappa shape index (κ3) is 1.90. The van der Waals surface area contributed by atoms with Crippen LogP contribution in [0, 0.1) is 0 Å². The first-order chi connectivity index (χ1) is 7.58. The quantitative estimate of drug-likeness (QED) is 0.856. The molecule has 1 aromatic rings. The van der Waals surface area contributed by atoms with E-state index in [4.69, 9.17) is 5.73 Å². The molecular weight excluding hydrogens is 210 g/mol. The highest BCUT2D eigenvalue weighted by Crippen LogP contribution is 2.49. The Balaban J connectivity index is 2.43. The second-order valence-electron chi connectivity index (χ2n) is 7.07. The Kier molecular flexibility index (Phi) is 2.48. The molecule has 3 heteroatoms. The number of nitrogens with two attached hydrogens (primary N) is 1. The lowest BCUT2D eigenvalue weighted by molar-refractivity contribution is 0.365. The zero-order chi connectivity index (χ0) is 13.1. The van der Waals surface area contributed by atoms with Crippen molar-refractivity contribution >= 4 is 0 Å². The van der Waals surface area contributed by atoms with Crippen molar-refractivity contribution in [3.8, 4) is 0 Å². The van der Waals surface area contributed by atoms with Gasteiger partial charge in [0.25, 0.3) is 0 Å². The standard InChI is InChI=1S/C14H25N3/c1-12(2,3)10-9-11(17(6)16-10)13(4,5)14(15)7-8-14/h9H,7-8,15H2,1-6H3. The maximum Gasteiger partial charge on any atom is 0.0680 e. The van der Waals surface area contributed by atoms with Crippen LogP contribution in [-0.4, -0.2) is 15.3 Å². The van der Waals surface area contributed by atoms with E-state index in [0.717, 1.165) is 18.5 Å². The molecule has 0 spiro atoms. The van der Waals surface area contributed by atoms with E-state index in [0.29, 0.717) is 0 Å². The van der Waals surface area contributed by atoms with Gasteiger partial charge in [0.15, 0.2) is 0 Å². The summed E-state index contributed by atoms with van der Waals surface area (Å²) in [5.41, 5.74) is 8.86. The van der Waals surface area contributed by atoms with E-state index in [9.17, 15) is 0 Å². The molecule has 1 saturated carbocycles. The number of hydrogen-bond acceptors (Lipinski definition) is 2. The second-order valence-corrected chi connectivity index (χ2v) is 7.07. The van der Waals surface area contributed by atoms with Crippen LogP contribution in [0.2, 0.25) is 0 Å². The van der Waals surface area contributed by atoms with E-state index in [-0.39, 0.29) is 16.4 Å². The molecule has 1 aliphatic carbocycles. The Morgan fingerprint density at radius 3 is 2.12 bits per heavy atom. The summed E-state index contributed by atoms with van der Waals surface area (Å²) in [6, 6.07) is 2.23. The van der Waals surface area contributed by atoms with Crippen LogP contribution in [0.5, 0.6) is 0 Å². The zero-order valence-corrected chi connectivity index (χ0v) is 12.0. The minimum absolute atomic E-state index is 0.00174. The van der Waals surface area contributed by atoms with Gasteiger partial charge in [0.1, 0.15) is 0 Å². The van der Waals surface area contributed by atoms with Gasteiger partial charge in [-0.15, -0.1) is 0 Å². The van der Waals surface area contributed by atoms with E-state index in [2.05, 4.69) is 45.8 Å². The summed E-state index contributed by atoms with van der Waals surface area (Å²) in [5, 5.41) is 4.65. The molecule has 0 aliphatic heterocycles. The molecule has 1 aliphatic rings. The molecule has 17 heavy (non-hydrogen) atoms. The summed E-state index contributed by atoms with van der Waals surface area (Å²) in [4.78, 5) is 0. The van der Waals surface area contributed by atoms with Crippen molar-refractivity contribution in [2.45, 2.75) is 63.8 Å². The molecule has 0 aromatic carbocycles. The summed E-state index contributed by atoms with van der Waals surface area (Å²) in [6.45, 7) is 11.1. The van der Waals surface area contributed by atoms with Gasteiger partial charge >= 0.3 is 0 Å². The molecule has 1 heterocycles. The van der Waals surface area contributed by atoms with Crippen molar-refractivity contribution in [2.24, 2.45) is 12.8 Å². The highest BCUT2D eigenvalue weighted by atomic mass is 15.3. The lowest BCUT2D eigenvalue weighted by Crippen LogP contribution is -2.44. The normalized spacial score (nSPS) is 19.5. The van der Waals surface area contributed by atoms with Crippen LogP contribution in [0.15, 0.2) is 6.07 Å². The number of nitrogens with zero attached hydrogens (tertiary/aromatic N) is 2. The molecule has 1 aromatic heterocycles. The Hall–Kier alpha value is -0.830. The summed E-state index contributed by atoms with van der Waals surface area (Å²) in [7, 11) is 2.03. The Morgan fingerprint density at radius 2 is 1.76 bits per heavy atom. The largest absolute Gasteiger partial charge is 0.324 e. The molecule has 0 amide bonds. The molecule has 2 N–H and O–H groups in total. The van der Waals surface area contributed by atoms with Gasteiger partial charge in [-0.2, -0.15) is 5.10 Å². The fraction of sp³-hybridized carbons (Fsp3) is 0.786. The first kappa shape index (κ1) is 12.6. The van der Waals surface area contributed by atoms with Crippen molar-refractivity contribution in [2.75, 3.05) is 0 Å². The second kappa shape index (κ2) is 3.35. The fourth-order valence-corrected chi connectivity index (χ4v) is 2.43. The monoisotopic (exact) mass is 235 g/mol. The van der Waals surface area contributed by atoms with Gasteiger partial charge in [0.2, 0.25) is 0 Å². The van der Waals surface area contributed by atoms with Gasteiger partial charge < -0.3 is 5.73 Å². The summed E-state index contributed by atoms with van der Waals surface area (Å²) in [5.74, 6) is 0. The molecule has 0 atom stereocenters. The van der Waals surface area contributed by atoms with Gasteiger partial charge in [0, 0.05) is 29.1 Å². The molecule has 0 radical (unpaired) electrons. The van der Waals surface area contributed by atoms with E-state index in [1.54, 1.807) is 0 Å². The molecule has 0 saturated heterocycles. The van der Waals surface area contributed by atoms with Crippen LogP contribution in [0.25, 0.3) is 0 Å². The molecule has 1 fully saturated rings. The van der Waals surface area contributed by atoms with Crippen molar-refractivity contribution < 1.29 is 0 Å². The maximum absolute atomic E-state index is 6.40. The Labute approximate surface area is 104 Å². The van der Waals surface area contributed by atoms with Crippen molar-refractivity contribution in [3.63, 3.8) is 0 Å². The number of rotatable bonds is 2. The average molecular weight is 235 g/mol. The Bertz CT molecular complexity index is 431. The Morgan fingerprint density at radius 1 is 1.24 bits per heavy atom. The SMILES string of the molecule is Cn1nc(C(C)(C)C)cc1C(C)(C)C1(N)CC1. The highest BCUT2D eigenvalue weighted by molar-refractivity contribution is 5.31. The lowest BCUT2D eigenvalue weighted by Gasteiger charge is -2.31. The van der Waals surface area contributed by atoms with Gasteiger partial charge in [-0.3, -0.25) is 4.68 Å². The summed E-state index contributed by atoms with van der Waals surface area (Å²) >= 11 is 0. The van der Waals surface area contributed by atoms with E-state index in [1.165, 1.54) is 5.69 Å². The predicted octanol–water partition coefficient (Wildman–Crippen LogP) is 2.49. The fourth-order valence-electron chi connectivity index (χ4n) is 2.43. The number of aromatic nitrogens is 2. The van der Waals surface area contributed by atoms with Gasteiger partial charge in [0.05, 0.1) is 5.69 Å². The summed E-state index contributed by atoms with van der Waals surface area (Å²) in [6.07, 6.45) is 2.24. The minimum Gasteiger partial charge on any atom is -0.324 e. The van der Waals surface area contributed by atoms with E-state index < -0.39 is 0 Å². The van der Waals surface area contributed by atoms with E-state index in [1.807, 2.05) is 11.7 Å². The molecule has 3 nitrogen and oxygen atoms in total. The minimum atomic E-state index is -0.0318. The van der Waals surface area contributed by atoms with Gasteiger partial charge in [-0.05, 0) is 18.9 Å². The van der Waals surface area contributed by atoms with Crippen LogP contribution < -0.4 is 5.73 Å². The first-order valence-electron chi connectivity index (χ1n) is 6.42. The zero-order valence-electron chi connectivity index (χ0n) is 12.0. The van der Waals surface area contributed by atoms with Crippen molar-refractivity contribution in [1.82, 2.24) is 9.78 Å². The van der Waals surface area contributed by atoms with Crippen LogP contribution >= 0.6 is 0 Å². The molecule has 2 rings (SSSR count). The third-order valence-corrected chi connectivity index (χ3v) is 4.32. The van der Waals surface area contributed by atoms with Gasteiger partial charge in [-0.1, -0.05) is 34.6 Å². The lowest BCUT2D eigenvalue weighted by atomic mass is 9.78. The van der Waals surface area contributed by atoms with Gasteiger partial charge in [-0.25, -0.2) is 0 Å². The number of aryl methyl sites for hydroxylation is 1. The van der Waals surface area contributed by atoms with Crippen LogP contribution in [0.4, 0.5) is 0 Å². The van der Waals surface area contributed by atoms with Crippen LogP contribution in [0.3, 0.4) is 0 Å². The molecule has 96 valence electrons. The smallest absolute Gasteiger partial charge is 0.0680 e. The number of hydrogen-bond donors (Lipinski definition) is 1. The molecular formula is C14H25N3. The summed E-state index contributed by atoms with van der Waals surface area (Å²) < 4.78 is 2.01. The highest BCUT2D eigenvalue weighted by Gasteiger charge is 2.53. The van der Waals surface area contributed by atoms with Crippen molar-refractivity contribution in [3.05, 3.63) is 17.5 Å². The topological polar surface area (TPSA) is 43.8 Å². The first-order valence-corrected chi connectivity index (χ1v) is 6.42. The predicted molar refractivity (Wildman–Crippen MR) is 71.1 cm³/mol. The average Bonchev–Trinajstić information content (AvgIpc) is 2.76.